The van der Waals surface area contributed by atoms with Crippen LogP contribution in [0.3, 0.4) is 0 Å². The van der Waals surface area contributed by atoms with Gasteiger partial charge in [-0.1, -0.05) is 34.6 Å². The molecule has 0 aromatic rings. The average Bonchev–Trinajstić information content (AvgIpc) is 1.99. The SMILES string of the molecule is CC(C)CC(N)(C(=O)O)C(=O)C(C)(C)C. The Morgan fingerprint density at radius 1 is 1.27 bits per heavy atom. The molecule has 3 N–H and O–H groups in total. The van der Waals surface area contributed by atoms with Crippen LogP contribution in [0.25, 0.3) is 0 Å². The Hall–Kier alpha value is -0.900. The number of Topliss-reactive ketones (excluding diaryl/α,β-unsaturated/α-hetero) is 1. The Morgan fingerprint density at radius 3 is 1.87 bits per heavy atom. The van der Waals surface area contributed by atoms with E-state index < -0.39 is 22.7 Å². The van der Waals surface area contributed by atoms with Gasteiger partial charge in [-0.2, -0.15) is 0 Å². The molecule has 0 amide bonds. The highest BCUT2D eigenvalue weighted by Gasteiger charge is 2.46. The summed E-state index contributed by atoms with van der Waals surface area (Å²) in [6.45, 7) is 8.74. The van der Waals surface area contributed by atoms with Crippen LogP contribution in [-0.4, -0.2) is 22.4 Å². The van der Waals surface area contributed by atoms with Gasteiger partial charge in [0.15, 0.2) is 11.3 Å². The third-order valence-electron chi connectivity index (χ3n) is 2.20. The van der Waals surface area contributed by atoms with Crippen molar-refractivity contribution in [3.05, 3.63) is 0 Å². The summed E-state index contributed by atoms with van der Waals surface area (Å²) in [7, 11) is 0. The number of nitrogens with two attached hydrogens (primary N) is 1. The van der Waals surface area contributed by atoms with Gasteiger partial charge >= 0.3 is 5.97 Å². The van der Waals surface area contributed by atoms with Crippen molar-refractivity contribution in [2.45, 2.75) is 46.6 Å². The molecule has 15 heavy (non-hydrogen) atoms. The second kappa shape index (κ2) is 4.31. The molecule has 0 aromatic heterocycles. The Morgan fingerprint density at radius 2 is 1.67 bits per heavy atom. The Bertz CT molecular complexity index is 265. The Labute approximate surface area is 90.8 Å². The third kappa shape index (κ3) is 3.30. The maximum Gasteiger partial charge on any atom is 0.331 e. The predicted octanol–water partition coefficient (Wildman–Crippen LogP) is 1.43. The normalized spacial score (nSPS) is 16.2. The quantitative estimate of drug-likeness (QED) is 0.695. The molecule has 0 aromatic carbocycles. The first-order chi connectivity index (χ1) is 6.51. The third-order valence-corrected chi connectivity index (χ3v) is 2.20. The molecule has 1 unspecified atom stereocenters. The largest absolute Gasteiger partial charge is 0.480 e. The van der Waals surface area contributed by atoms with Gasteiger partial charge in [0.05, 0.1) is 0 Å². The van der Waals surface area contributed by atoms with Crippen LogP contribution in [0, 0.1) is 11.3 Å². The molecule has 0 saturated heterocycles. The van der Waals surface area contributed by atoms with E-state index in [2.05, 4.69) is 0 Å². The molecule has 0 saturated carbocycles. The number of hydrogen-bond donors (Lipinski definition) is 2. The highest BCUT2D eigenvalue weighted by atomic mass is 16.4. The molecular formula is C11H21NO3. The monoisotopic (exact) mass is 215 g/mol. The van der Waals surface area contributed by atoms with Crippen LogP contribution < -0.4 is 5.73 Å². The van der Waals surface area contributed by atoms with Crippen LogP contribution in [0.2, 0.25) is 0 Å². The summed E-state index contributed by atoms with van der Waals surface area (Å²) in [5, 5.41) is 9.07. The standard InChI is InChI=1S/C11H21NO3/c1-7(2)6-11(12,9(14)15)8(13)10(3,4)5/h7H,6,12H2,1-5H3,(H,14,15). The highest BCUT2D eigenvalue weighted by molar-refractivity contribution is 6.09. The molecule has 1 atom stereocenters. The lowest BCUT2D eigenvalue weighted by molar-refractivity contribution is -0.152. The van der Waals surface area contributed by atoms with Crippen LogP contribution >= 0.6 is 0 Å². The first-order valence-electron chi connectivity index (χ1n) is 5.09. The van der Waals surface area contributed by atoms with Gasteiger partial charge in [0, 0.05) is 5.41 Å². The van der Waals surface area contributed by atoms with Crippen molar-refractivity contribution < 1.29 is 14.7 Å². The fourth-order valence-electron chi connectivity index (χ4n) is 1.59. The maximum atomic E-state index is 12.0. The minimum Gasteiger partial charge on any atom is -0.480 e. The minimum absolute atomic E-state index is 0.0670. The molecule has 0 radical (unpaired) electrons. The molecule has 0 bridgehead atoms. The smallest absolute Gasteiger partial charge is 0.331 e. The second-order valence-corrected chi connectivity index (χ2v) is 5.45. The Kier molecular flexibility index (Phi) is 4.05. The lowest BCUT2D eigenvalue weighted by Crippen LogP contribution is -2.59. The lowest BCUT2D eigenvalue weighted by Gasteiger charge is -2.31. The van der Waals surface area contributed by atoms with Crippen molar-refractivity contribution in [2.24, 2.45) is 17.1 Å². The molecule has 0 spiro atoms. The van der Waals surface area contributed by atoms with Crippen LogP contribution in [0.5, 0.6) is 0 Å². The predicted molar refractivity (Wildman–Crippen MR) is 58.5 cm³/mol. The van der Waals surface area contributed by atoms with Gasteiger partial charge in [0.25, 0.3) is 0 Å². The van der Waals surface area contributed by atoms with Crippen molar-refractivity contribution in [2.75, 3.05) is 0 Å². The average molecular weight is 215 g/mol. The van der Waals surface area contributed by atoms with E-state index in [0.717, 1.165) is 0 Å². The summed E-state index contributed by atoms with van der Waals surface area (Å²) < 4.78 is 0. The minimum atomic E-state index is -1.76. The van der Waals surface area contributed by atoms with E-state index in [0.29, 0.717) is 0 Å². The maximum absolute atomic E-state index is 12.0. The second-order valence-electron chi connectivity index (χ2n) is 5.45. The van der Waals surface area contributed by atoms with Crippen LogP contribution in [0.1, 0.15) is 41.0 Å². The van der Waals surface area contributed by atoms with Gasteiger partial charge in [0.2, 0.25) is 0 Å². The van der Waals surface area contributed by atoms with Crippen LogP contribution in [-0.2, 0) is 9.59 Å². The summed E-state index contributed by atoms with van der Waals surface area (Å²) in [6.07, 6.45) is 0.165. The van der Waals surface area contributed by atoms with E-state index in [-0.39, 0.29) is 12.3 Å². The fraction of sp³-hybridized carbons (Fsp3) is 0.818. The number of rotatable bonds is 4. The first kappa shape index (κ1) is 14.1. The zero-order valence-corrected chi connectivity index (χ0v) is 10.1. The molecule has 0 fully saturated rings. The van der Waals surface area contributed by atoms with E-state index >= 15 is 0 Å². The molecule has 4 nitrogen and oxygen atoms in total. The topological polar surface area (TPSA) is 80.4 Å². The lowest BCUT2D eigenvalue weighted by atomic mass is 9.75. The summed E-state index contributed by atoms with van der Waals surface area (Å²) in [5.41, 5.74) is 3.23. The van der Waals surface area contributed by atoms with Gasteiger partial charge in [-0.05, 0) is 12.3 Å². The van der Waals surface area contributed by atoms with Crippen molar-refractivity contribution >= 4 is 11.8 Å². The van der Waals surface area contributed by atoms with Gasteiger partial charge in [-0.25, -0.2) is 4.79 Å². The number of hydrogen-bond acceptors (Lipinski definition) is 3. The fourth-order valence-corrected chi connectivity index (χ4v) is 1.59. The summed E-state index contributed by atoms with van der Waals surface area (Å²) >= 11 is 0. The number of carboxylic acids is 1. The van der Waals surface area contributed by atoms with Gasteiger partial charge in [-0.3, -0.25) is 4.79 Å². The molecular weight excluding hydrogens is 194 g/mol. The number of ketones is 1. The first-order valence-corrected chi connectivity index (χ1v) is 5.09. The van der Waals surface area contributed by atoms with Crippen LogP contribution in [0.15, 0.2) is 0 Å². The zero-order chi connectivity index (χ0) is 12.4. The zero-order valence-electron chi connectivity index (χ0n) is 10.1. The van der Waals surface area contributed by atoms with Gasteiger partial charge < -0.3 is 10.8 Å². The number of carboxylic acid groups (broad SMARTS) is 1. The van der Waals surface area contributed by atoms with Crippen LogP contribution in [0.4, 0.5) is 0 Å². The summed E-state index contributed by atoms with van der Waals surface area (Å²) in [6, 6.07) is 0. The number of carbonyl (C=O) groups excluding carboxylic acids is 1. The molecule has 0 rings (SSSR count). The molecule has 0 aliphatic heterocycles. The number of carbonyl (C=O) groups is 2. The van der Waals surface area contributed by atoms with E-state index in [1.165, 1.54) is 0 Å². The summed E-state index contributed by atoms with van der Waals surface area (Å²) in [5.74, 6) is -1.59. The summed E-state index contributed by atoms with van der Waals surface area (Å²) in [4.78, 5) is 23.1. The molecule has 0 aliphatic carbocycles. The molecule has 4 heteroatoms. The van der Waals surface area contributed by atoms with Gasteiger partial charge in [-0.15, -0.1) is 0 Å². The highest BCUT2D eigenvalue weighted by Crippen LogP contribution is 2.26. The van der Waals surface area contributed by atoms with Crippen molar-refractivity contribution in [1.29, 1.82) is 0 Å². The molecule has 88 valence electrons. The Balaban J connectivity index is 5.13. The van der Waals surface area contributed by atoms with E-state index in [4.69, 9.17) is 10.8 Å². The molecule has 0 heterocycles. The number of aliphatic carboxylic acids is 1. The van der Waals surface area contributed by atoms with Crippen molar-refractivity contribution in [1.82, 2.24) is 0 Å². The van der Waals surface area contributed by atoms with E-state index in [9.17, 15) is 9.59 Å². The van der Waals surface area contributed by atoms with Crippen molar-refractivity contribution in [3.8, 4) is 0 Å². The van der Waals surface area contributed by atoms with Crippen molar-refractivity contribution in [3.63, 3.8) is 0 Å². The van der Waals surface area contributed by atoms with E-state index in [1.54, 1.807) is 20.8 Å². The van der Waals surface area contributed by atoms with E-state index in [1.807, 2.05) is 13.8 Å². The van der Waals surface area contributed by atoms with Gasteiger partial charge in [0.1, 0.15) is 0 Å². The molecule has 0 aliphatic rings.